The van der Waals surface area contributed by atoms with E-state index in [4.69, 9.17) is 18.8 Å². The number of rotatable bonds is 11. The van der Waals surface area contributed by atoms with Gasteiger partial charge in [-0.15, -0.1) is 0 Å². The van der Waals surface area contributed by atoms with Gasteiger partial charge < -0.3 is 29.4 Å². The number of methoxy groups -OCH3 is 2. The van der Waals surface area contributed by atoms with E-state index in [1.54, 1.807) is 14.2 Å². The van der Waals surface area contributed by atoms with Crippen molar-refractivity contribution in [3.63, 3.8) is 0 Å². The summed E-state index contributed by atoms with van der Waals surface area (Å²) in [6.45, 7) is 12.2. The summed E-state index contributed by atoms with van der Waals surface area (Å²) in [5.74, 6) is 0.773. The SMILES string of the molecule is COc1cc2c(c(OC)c1)CCC(C(=O)N[C@@H](Cc1ccccc1)C(=O)N[C@@H](CC(C)C)B1OC(C)(C)C(C)(C)O1)C2. The minimum Gasteiger partial charge on any atom is -0.497 e. The first-order chi connectivity index (χ1) is 19.8. The zero-order valence-corrected chi connectivity index (χ0v) is 26.4. The Labute approximate surface area is 251 Å². The van der Waals surface area contributed by atoms with Crippen molar-refractivity contribution in [1.29, 1.82) is 0 Å². The summed E-state index contributed by atoms with van der Waals surface area (Å²) in [7, 11) is 2.68. The molecular formula is C33H47BN2O6. The number of ether oxygens (including phenoxy) is 2. The van der Waals surface area contributed by atoms with Gasteiger partial charge in [0, 0.05) is 18.4 Å². The molecule has 8 nitrogen and oxygen atoms in total. The Hall–Kier alpha value is -3.04. The molecule has 2 aromatic carbocycles. The lowest BCUT2D eigenvalue weighted by atomic mass is 9.73. The van der Waals surface area contributed by atoms with Crippen molar-refractivity contribution >= 4 is 18.9 Å². The molecule has 3 atom stereocenters. The number of hydrogen-bond donors (Lipinski definition) is 2. The van der Waals surface area contributed by atoms with E-state index in [0.29, 0.717) is 43.8 Å². The highest BCUT2D eigenvalue weighted by atomic mass is 16.7. The van der Waals surface area contributed by atoms with Crippen LogP contribution in [0.2, 0.25) is 0 Å². The van der Waals surface area contributed by atoms with Crippen molar-refractivity contribution in [2.75, 3.05) is 14.2 Å². The third kappa shape index (κ3) is 7.29. The standard InChI is InChI=1S/C33H47BN2O6/c1-21(2)16-29(34-41-32(3,4)33(5,6)42-34)36-31(38)27(17-22-12-10-9-11-13-22)35-30(37)23-14-15-26-24(18-23)19-25(39-7)20-28(26)40-8/h9-13,19-21,23,27,29H,14-18H2,1-8H3,(H,35,37)(H,36,38)/t23?,27-,29-/m0/s1. The summed E-state index contributed by atoms with van der Waals surface area (Å²) in [4.78, 5) is 27.6. The van der Waals surface area contributed by atoms with Crippen LogP contribution >= 0.6 is 0 Å². The smallest absolute Gasteiger partial charge is 0.481 e. The quantitative estimate of drug-likeness (QED) is 0.376. The minimum atomic E-state index is -0.752. The predicted molar refractivity (Wildman–Crippen MR) is 165 cm³/mol. The number of benzene rings is 2. The first-order valence-electron chi connectivity index (χ1n) is 15.1. The Balaban J connectivity index is 1.53. The van der Waals surface area contributed by atoms with Gasteiger partial charge >= 0.3 is 7.12 Å². The van der Waals surface area contributed by atoms with Gasteiger partial charge in [-0.25, -0.2) is 0 Å². The van der Waals surface area contributed by atoms with E-state index in [-0.39, 0.29) is 23.7 Å². The summed E-state index contributed by atoms with van der Waals surface area (Å²) in [5, 5.41) is 6.31. The Morgan fingerprint density at radius 1 is 1.00 bits per heavy atom. The number of amides is 2. The molecule has 1 saturated heterocycles. The summed E-state index contributed by atoms with van der Waals surface area (Å²) >= 11 is 0. The fourth-order valence-corrected chi connectivity index (χ4v) is 5.78. The van der Waals surface area contributed by atoms with Crippen molar-refractivity contribution in [3.8, 4) is 11.5 Å². The maximum atomic E-state index is 13.9. The number of carbonyl (C=O) groups is 2. The molecule has 228 valence electrons. The molecule has 2 aliphatic rings. The van der Waals surface area contributed by atoms with Crippen molar-refractivity contribution in [3.05, 3.63) is 59.2 Å². The average molecular weight is 579 g/mol. The van der Waals surface area contributed by atoms with E-state index in [9.17, 15) is 9.59 Å². The van der Waals surface area contributed by atoms with Crippen LogP contribution in [0.1, 0.15) is 71.1 Å². The third-order valence-corrected chi connectivity index (χ3v) is 8.88. The van der Waals surface area contributed by atoms with Crippen molar-refractivity contribution < 1.29 is 28.4 Å². The second kappa shape index (κ2) is 13.1. The second-order valence-electron chi connectivity index (χ2n) is 13.0. The molecule has 0 aromatic heterocycles. The third-order valence-electron chi connectivity index (χ3n) is 8.88. The molecule has 1 fully saturated rings. The summed E-state index contributed by atoms with van der Waals surface area (Å²) < 4.78 is 23.7. The first-order valence-corrected chi connectivity index (χ1v) is 15.1. The molecule has 1 unspecified atom stereocenters. The highest BCUT2D eigenvalue weighted by Crippen LogP contribution is 2.38. The highest BCUT2D eigenvalue weighted by molar-refractivity contribution is 6.48. The second-order valence-corrected chi connectivity index (χ2v) is 13.0. The van der Waals surface area contributed by atoms with Gasteiger partial charge in [-0.1, -0.05) is 44.2 Å². The van der Waals surface area contributed by atoms with Crippen LogP contribution in [-0.2, 0) is 38.2 Å². The lowest BCUT2D eigenvalue weighted by molar-refractivity contribution is -0.131. The zero-order chi connectivity index (χ0) is 30.7. The van der Waals surface area contributed by atoms with Gasteiger partial charge in [0.15, 0.2) is 0 Å². The maximum absolute atomic E-state index is 13.9. The number of fused-ring (bicyclic) bond motifs is 1. The highest BCUT2D eigenvalue weighted by Gasteiger charge is 2.54. The molecule has 9 heteroatoms. The Morgan fingerprint density at radius 2 is 1.67 bits per heavy atom. The topological polar surface area (TPSA) is 95.1 Å². The zero-order valence-electron chi connectivity index (χ0n) is 26.4. The fraction of sp³-hybridized carbons (Fsp3) is 0.576. The Kier molecular flexibility index (Phi) is 9.94. The van der Waals surface area contributed by atoms with Crippen molar-refractivity contribution in [2.45, 2.75) is 96.8 Å². The Bertz CT molecular complexity index is 1230. The molecule has 0 saturated carbocycles. The van der Waals surface area contributed by atoms with E-state index in [1.807, 2.05) is 70.2 Å². The van der Waals surface area contributed by atoms with Gasteiger partial charge in [-0.05, 0) is 82.1 Å². The summed E-state index contributed by atoms with van der Waals surface area (Å²) in [5.41, 5.74) is 2.09. The summed E-state index contributed by atoms with van der Waals surface area (Å²) in [6, 6.07) is 12.9. The van der Waals surface area contributed by atoms with E-state index >= 15 is 0 Å². The molecule has 1 aliphatic heterocycles. The number of carbonyl (C=O) groups excluding carboxylic acids is 2. The Morgan fingerprint density at radius 3 is 2.26 bits per heavy atom. The van der Waals surface area contributed by atoms with Crippen LogP contribution in [0.25, 0.3) is 0 Å². The van der Waals surface area contributed by atoms with Crippen molar-refractivity contribution in [1.82, 2.24) is 10.6 Å². The molecule has 4 rings (SSSR count). The van der Waals surface area contributed by atoms with Gasteiger partial charge in [0.25, 0.3) is 0 Å². The van der Waals surface area contributed by atoms with Gasteiger partial charge in [-0.3, -0.25) is 9.59 Å². The van der Waals surface area contributed by atoms with E-state index in [1.165, 1.54) is 0 Å². The minimum absolute atomic E-state index is 0.130. The van der Waals surface area contributed by atoms with E-state index < -0.39 is 24.4 Å². The van der Waals surface area contributed by atoms with Gasteiger partial charge in [0.2, 0.25) is 11.8 Å². The molecule has 0 bridgehead atoms. The molecule has 0 spiro atoms. The molecular weight excluding hydrogens is 531 g/mol. The predicted octanol–water partition coefficient (Wildman–Crippen LogP) is 4.70. The lowest BCUT2D eigenvalue weighted by Crippen LogP contribution is -2.56. The van der Waals surface area contributed by atoms with Gasteiger partial charge in [-0.2, -0.15) is 0 Å². The lowest BCUT2D eigenvalue weighted by Gasteiger charge is -2.32. The largest absolute Gasteiger partial charge is 0.497 e. The molecule has 0 radical (unpaired) electrons. The molecule has 2 N–H and O–H groups in total. The van der Waals surface area contributed by atoms with Crippen LogP contribution in [0, 0.1) is 11.8 Å². The van der Waals surface area contributed by atoms with Crippen LogP contribution in [0.3, 0.4) is 0 Å². The molecule has 1 aliphatic carbocycles. The van der Waals surface area contributed by atoms with Crippen molar-refractivity contribution in [2.24, 2.45) is 11.8 Å². The van der Waals surface area contributed by atoms with Crippen LogP contribution < -0.4 is 20.1 Å². The van der Waals surface area contributed by atoms with Crippen LogP contribution in [0.4, 0.5) is 0 Å². The maximum Gasteiger partial charge on any atom is 0.481 e. The number of nitrogens with one attached hydrogen (secondary N) is 2. The van der Waals surface area contributed by atoms with Crippen LogP contribution in [0.5, 0.6) is 11.5 Å². The van der Waals surface area contributed by atoms with E-state index in [0.717, 1.165) is 22.4 Å². The monoisotopic (exact) mass is 578 g/mol. The normalized spacial score (nSPS) is 20.4. The molecule has 1 heterocycles. The number of hydrogen-bond acceptors (Lipinski definition) is 6. The van der Waals surface area contributed by atoms with Gasteiger partial charge in [0.05, 0.1) is 31.4 Å². The van der Waals surface area contributed by atoms with Crippen LogP contribution in [0.15, 0.2) is 42.5 Å². The molecule has 42 heavy (non-hydrogen) atoms. The molecule has 2 aromatic rings. The van der Waals surface area contributed by atoms with E-state index in [2.05, 4.69) is 24.5 Å². The molecule has 2 amide bonds. The first kappa shape index (κ1) is 31.9. The fourth-order valence-electron chi connectivity index (χ4n) is 5.78. The summed E-state index contributed by atoms with van der Waals surface area (Å²) in [6.07, 6.45) is 3.00. The van der Waals surface area contributed by atoms with Crippen LogP contribution in [-0.4, -0.2) is 56.3 Å². The average Bonchev–Trinajstić information content (AvgIpc) is 3.17. The van der Waals surface area contributed by atoms with Gasteiger partial charge in [0.1, 0.15) is 17.5 Å².